The summed E-state index contributed by atoms with van der Waals surface area (Å²) < 4.78 is 0. The Balaban J connectivity index is 1.87. The Morgan fingerprint density at radius 3 is 2.48 bits per heavy atom. The minimum atomic E-state index is -0.286. The van der Waals surface area contributed by atoms with Crippen molar-refractivity contribution in [3.8, 4) is 0 Å². The van der Waals surface area contributed by atoms with Gasteiger partial charge in [-0.15, -0.1) is 11.3 Å². The normalized spacial score (nSPS) is 10.7. The lowest BCUT2D eigenvalue weighted by molar-refractivity contribution is -0.121. The van der Waals surface area contributed by atoms with Crippen LogP contribution in [0.15, 0.2) is 35.7 Å². The second-order valence-corrected chi connectivity index (χ2v) is 6.37. The van der Waals surface area contributed by atoms with Crippen LogP contribution < -0.4 is 10.6 Å². The molecule has 0 atom stereocenters. The zero-order valence-electron chi connectivity index (χ0n) is 13.5. The number of aryl methyl sites for hydroxylation is 3. The maximum atomic E-state index is 12.0. The topological polar surface area (TPSA) is 58.2 Å². The molecule has 1 heterocycles. The van der Waals surface area contributed by atoms with E-state index in [1.54, 1.807) is 17.4 Å². The summed E-state index contributed by atoms with van der Waals surface area (Å²) in [5, 5.41) is 7.38. The number of thiophene rings is 1. The largest absolute Gasteiger partial charge is 0.343 e. The van der Waals surface area contributed by atoms with E-state index in [-0.39, 0.29) is 18.4 Å². The Bertz CT molecular complexity index is 710. The van der Waals surface area contributed by atoms with E-state index in [2.05, 4.69) is 10.6 Å². The SMILES string of the molecule is Cc1cc(C)c(NC(=O)CNC(=O)C=Cc2cccs2)c(C)c1. The molecule has 4 nitrogen and oxygen atoms in total. The lowest BCUT2D eigenvalue weighted by Crippen LogP contribution is -2.32. The van der Waals surface area contributed by atoms with Crippen LogP contribution >= 0.6 is 11.3 Å². The van der Waals surface area contributed by atoms with Gasteiger partial charge in [0.2, 0.25) is 11.8 Å². The maximum Gasteiger partial charge on any atom is 0.244 e. The van der Waals surface area contributed by atoms with Crippen molar-refractivity contribution in [3.05, 3.63) is 57.3 Å². The summed E-state index contributed by atoms with van der Waals surface area (Å²) >= 11 is 1.55. The molecule has 0 aliphatic heterocycles. The third-order valence-electron chi connectivity index (χ3n) is 3.31. The molecule has 0 aliphatic rings. The molecule has 120 valence electrons. The van der Waals surface area contributed by atoms with E-state index in [4.69, 9.17) is 0 Å². The second kappa shape index (κ2) is 7.74. The molecule has 23 heavy (non-hydrogen) atoms. The molecule has 0 saturated heterocycles. The first-order valence-electron chi connectivity index (χ1n) is 7.33. The molecule has 0 spiro atoms. The fraction of sp³-hybridized carbons (Fsp3) is 0.222. The first-order valence-corrected chi connectivity index (χ1v) is 8.21. The van der Waals surface area contributed by atoms with Gasteiger partial charge in [-0.05, 0) is 49.4 Å². The third kappa shape index (κ3) is 5.07. The number of carbonyl (C=O) groups excluding carboxylic acids is 2. The molecule has 0 unspecified atom stereocenters. The van der Waals surface area contributed by atoms with Crippen LogP contribution in [0.5, 0.6) is 0 Å². The first-order chi connectivity index (χ1) is 11.0. The summed E-state index contributed by atoms with van der Waals surface area (Å²) in [6.45, 7) is 5.88. The lowest BCUT2D eigenvalue weighted by atomic mass is 10.1. The van der Waals surface area contributed by atoms with Crippen LogP contribution in [-0.4, -0.2) is 18.4 Å². The number of benzene rings is 1. The molecule has 2 N–H and O–H groups in total. The Kier molecular flexibility index (Phi) is 5.71. The predicted molar refractivity (Wildman–Crippen MR) is 95.6 cm³/mol. The molecule has 2 aromatic rings. The summed E-state index contributed by atoms with van der Waals surface area (Å²) in [7, 11) is 0. The van der Waals surface area contributed by atoms with Crippen LogP contribution in [-0.2, 0) is 9.59 Å². The molecule has 0 radical (unpaired) electrons. The Morgan fingerprint density at radius 1 is 1.17 bits per heavy atom. The van der Waals surface area contributed by atoms with E-state index in [1.807, 2.05) is 50.4 Å². The summed E-state index contributed by atoms with van der Waals surface area (Å²) in [4.78, 5) is 24.7. The van der Waals surface area contributed by atoms with Crippen molar-refractivity contribution in [2.45, 2.75) is 20.8 Å². The average molecular weight is 328 g/mol. The van der Waals surface area contributed by atoms with Crippen molar-refractivity contribution in [2.75, 3.05) is 11.9 Å². The summed E-state index contributed by atoms with van der Waals surface area (Å²) in [6.07, 6.45) is 3.16. The van der Waals surface area contributed by atoms with E-state index in [0.29, 0.717) is 0 Å². The van der Waals surface area contributed by atoms with Crippen LogP contribution in [0.1, 0.15) is 21.6 Å². The van der Waals surface area contributed by atoms with E-state index in [9.17, 15) is 9.59 Å². The number of carbonyl (C=O) groups is 2. The number of rotatable bonds is 5. The Labute approximate surface area is 140 Å². The maximum absolute atomic E-state index is 12.0. The van der Waals surface area contributed by atoms with Gasteiger partial charge in [0.05, 0.1) is 6.54 Å². The number of hydrogen-bond acceptors (Lipinski definition) is 3. The van der Waals surface area contributed by atoms with Crippen molar-refractivity contribution in [2.24, 2.45) is 0 Å². The molecule has 2 rings (SSSR count). The highest BCUT2D eigenvalue weighted by Crippen LogP contribution is 2.21. The lowest BCUT2D eigenvalue weighted by Gasteiger charge is -2.13. The third-order valence-corrected chi connectivity index (χ3v) is 4.14. The van der Waals surface area contributed by atoms with Crippen molar-refractivity contribution in [1.29, 1.82) is 0 Å². The van der Waals surface area contributed by atoms with Gasteiger partial charge in [-0.25, -0.2) is 0 Å². The number of hydrogen-bond donors (Lipinski definition) is 2. The molecule has 0 saturated carbocycles. The molecule has 5 heteroatoms. The zero-order chi connectivity index (χ0) is 16.8. The Hall–Kier alpha value is -2.40. The molecule has 2 amide bonds. The van der Waals surface area contributed by atoms with Crippen molar-refractivity contribution >= 4 is 34.9 Å². The van der Waals surface area contributed by atoms with Crippen LogP contribution in [0.2, 0.25) is 0 Å². The predicted octanol–water partition coefficient (Wildman–Crippen LogP) is 3.44. The van der Waals surface area contributed by atoms with Crippen LogP contribution in [0.3, 0.4) is 0 Å². The van der Waals surface area contributed by atoms with Gasteiger partial charge >= 0.3 is 0 Å². The Morgan fingerprint density at radius 2 is 1.87 bits per heavy atom. The standard InChI is InChI=1S/C18H20N2O2S/c1-12-9-13(2)18(14(3)10-12)20-17(22)11-19-16(21)7-6-15-5-4-8-23-15/h4-10H,11H2,1-3H3,(H,19,21)(H,20,22). The molecular weight excluding hydrogens is 308 g/mol. The van der Waals surface area contributed by atoms with E-state index in [0.717, 1.165) is 27.3 Å². The highest BCUT2D eigenvalue weighted by Gasteiger charge is 2.08. The van der Waals surface area contributed by atoms with E-state index in [1.165, 1.54) is 6.08 Å². The second-order valence-electron chi connectivity index (χ2n) is 5.39. The number of amides is 2. The van der Waals surface area contributed by atoms with E-state index < -0.39 is 0 Å². The molecule has 0 aliphatic carbocycles. The summed E-state index contributed by atoms with van der Waals surface area (Å²) in [5.41, 5.74) is 3.99. The van der Waals surface area contributed by atoms with Gasteiger partial charge in [0.25, 0.3) is 0 Å². The van der Waals surface area contributed by atoms with Gasteiger partial charge in [0, 0.05) is 16.6 Å². The first kappa shape index (κ1) is 17.0. The van der Waals surface area contributed by atoms with Gasteiger partial charge in [-0.1, -0.05) is 23.8 Å². The molecular formula is C18H20N2O2S. The summed E-state index contributed by atoms with van der Waals surface area (Å²) in [5.74, 6) is -0.524. The highest BCUT2D eigenvalue weighted by atomic mass is 32.1. The van der Waals surface area contributed by atoms with Gasteiger partial charge in [0.1, 0.15) is 0 Å². The zero-order valence-corrected chi connectivity index (χ0v) is 14.3. The summed E-state index contributed by atoms with van der Waals surface area (Å²) in [6, 6.07) is 7.88. The van der Waals surface area contributed by atoms with Gasteiger partial charge < -0.3 is 10.6 Å². The molecule has 1 aromatic carbocycles. The fourth-order valence-corrected chi connectivity index (χ4v) is 2.95. The minimum absolute atomic E-state index is 0.0552. The minimum Gasteiger partial charge on any atom is -0.343 e. The van der Waals surface area contributed by atoms with Crippen molar-refractivity contribution < 1.29 is 9.59 Å². The molecule has 0 bridgehead atoms. The van der Waals surface area contributed by atoms with Gasteiger partial charge in [-0.3, -0.25) is 9.59 Å². The van der Waals surface area contributed by atoms with Crippen LogP contribution in [0.25, 0.3) is 6.08 Å². The highest BCUT2D eigenvalue weighted by molar-refractivity contribution is 7.10. The van der Waals surface area contributed by atoms with Crippen LogP contribution in [0.4, 0.5) is 5.69 Å². The van der Waals surface area contributed by atoms with E-state index >= 15 is 0 Å². The van der Waals surface area contributed by atoms with Gasteiger partial charge in [-0.2, -0.15) is 0 Å². The smallest absolute Gasteiger partial charge is 0.244 e. The monoisotopic (exact) mass is 328 g/mol. The quantitative estimate of drug-likeness (QED) is 0.826. The van der Waals surface area contributed by atoms with Crippen molar-refractivity contribution in [3.63, 3.8) is 0 Å². The fourth-order valence-electron chi connectivity index (χ4n) is 2.33. The van der Waals surface area contributed by atoms with Crippen LogP contribution in [0, 0.1) is 20.8 Å². The van der Waals surface area contributed by atoms with Crippen molar-refractivity contribution in [1.82, 2.24) is 5.32 Å². The average Bonchev–Trinajstić information content (AvgIpc) is 3.00. The molecule has 0 fully saturated rings. The number of nitrogens with one attached hydrogen (secondary N) is 2. The number of anilines is 1. The molecule has 1 aromatic heterocycles. The van der Waals surface area contributed by atoms with Gasteiger partial charge in [0.15, 0.2) is 0 Å².